The number of carbonyl (C=O) groups is 1. The van der Waals surface area contributed by atoms with E-state index < -0.39 is 11.7 Å². The minimum atomic E-state index is -0.539. The SMILES string of the molecule is CC(C)(C)OC(=O)NCC#Cc1ccccc1N=C=O. The molecule has 0 heterocycles. The van der Waals surface area contributed by atoms with Crippen molar-refractivity contribution in [1.82, 2.24) is 5.32 Å². The second kappa shape index (κ2) is 7.13. The van der Waals surface area contributed by atoms with Crippen molar-refractivity contribution >= 4 is 17.9 Å². The number of para-hydroxylation sites is 1. The Hall–Kier alpha value is -2.57. The molecule has 1 N–H and O–H groups in total. The van der Waals surface area contributed by atoms with E-state index in [1.165, 1.54) is 6.08 Å². The van der Waals surface area contributed by atoms with Gasteiger partial charge in [-0.2, -0.15) is 4.99 Å². The Morgan fingerprint density at radius 3 is 2.70 bits per heavy atom. The second-order valence-corrected chi connectivity index (χ2v) is 4.88. The zero-order valence-corrected chi connectivity index (χ0v) is 11.7. The van der Waals surface area contributed by atoms with Crippen LogP contribution in [0.3, 0.4) is 0 Å². The summed E-state index contributed by atoms with van der Waals surface area (Å²) in [6, 6.07) is 6.93. The molecule has 0 radical (unpaired) electrons. The first-order chi connectivity index (χ1) is 9.42. The van der Waals surface area contributed by atoms with E-state index in [2.05, 4.69) is 22.2 Å². The summed E-state index contributed by atoms with van der Waals surface area (Å²) < 4.78 is 5.06. The first-order valence-electron chi connectivity index (χ1n) is 6.05. The quantitative estimate of drug-likeness (QED) is 0.511. The van der Waals surface area contributed by atoms with Crippen LogP contribution >= 0.6 is 0 Å². The maximum atomic E-state index is 11.4. The summed E-state index contributed by atoms with van der Waals surface area (Å²) >= 11 is 0. The molecule has 5 nitrogen and oxygen atoms in total. The fourth-order valence-corrected chi connectivity index (χ4v) is 1.30. The molecule has 0 atom stereocenters. The molecule has 0 saturated carbocycles. The summed E-state index contributed by atoms with van der Waals surface area (Å²) in [6.45, 7) is 5.50. The van der Waals surface area contributed by atoms with Gasteiger partial charge in [0, 0.05) is 0 Å². The van der Waals surface area contributed by atoms with Crippen LogP contribution in [0.25, 0.3) is 0 Å². The van der Waals surface area contributed by atoms with Gasteiger partial charge in [0.25, 0.3) is 0 Å². The third-order valence-corrected chi connectivity index (χ3v) is 2.01. The number of ether oxygens (including phenoxy) is 1. The Bertz CT molecular complexity index is 585. The fourth-order valence-electron chi connectivity index (χ4n) is 1.30. The van der Waals surface area contributed by atoms with Gasteiger partial charge in [-0.25, -0.2) is 9.59 Å². The molecule has 20 heavy (non-hydrogen) atoms. The van der Waals surface area contributed by atoms with Crippen molar-refractivity contribution in [2.75, 3.05) is 6.54 Å². The summed E-state index contributed by atoms with van der Waals surface area (Å²) in [5, 5.41) is 2.52. The Balaban J connectivity index is 2.59. The topological polar surface area (TPSA) is 67.8 Å². The molecular weight excluding hydrogens is 256 g/mol. The van der Waals surface area contributed by atoms with E-state index >= 15 is 0 Å². The van der Waals surface area contributed by atoms with E-state index in [-0.39, 0.29) is 6.54 Å². The third kappa shape index (κ3) is 5.85. The van der Waals surface area contributed by atoms with Gasteiger partial charge >= 0.3 is 6.09 Å². The standard InChI is InChI=1S/C15H16N2O3/c1-15(2,3)20-14(19)16-10-6-8-12-7-4-5-9-13(12)17-11-18/h4-5,7,9H,10H2,1-3H3,(H,16,19). The van der Waals surface area contributed by atoms with Gasteiger partial charge in [-0.05, 0) is 32.9 Å². The number of aliphatic imine (C=N–C) groups is 1. The molecule has 1 amide bonds. The molecule has 0 aliphatic carbocycles. The molecule has 0 saturated heterocycles. The number of benzene rings is 1. The zero-order valence-electron chi connectivity index (χ0n) is 11.7. The third-order valence-electron chi connectivity index (χ3n) is 2.01. The highest BCUT2D eigenvalue weighted by Gasteiger charge is 2.14. The van der Waals surface area contributed by atoms with E-state index in [1.807, 2.05) is 0 Å². The van der Waals surface area contributed by atoms with Crippen LogP contribution < -0.4 is 5.32 Å². The lowest BCUT2D eigenvalue weighted by Gasteiger charge is -2.18. The Labute approximate surface area is 118 Å². The van der Waals surface area contributed by atoms with E-state index in [0.29, 0.717) is 11.3 Å². The lowest BCUT2D eigenvalue weighted by atomic mass is 10.2. The molecule has 1 aromatic rings. The number of hydrogen-bond donors (Lipinski definition) is 1. The van der Waals surface area contributed by atoms with Crippen molar-refractivity contribution in [3.05, 3.63) is 29.8 Å². The molecular formula is C15H16N2O3. The average molecular weight is 272 g/mol. The minimum absolute atomic E-state index is 0.147. The van der Waals surface area contributed by atoms with E-state index in [9.17, 15) is 9.59 Å². The molecule has 0 bridgehead atoms. The summed E-state index contributed by atoms with van der Waals surface area (Å²) in [6.07, 6.45) is 0.954. The van der Waals surface area contributed by atoms with Crippen LogP contribution in [-0.2, 0) is 9.53 Å². The fraction of sp³-hybridized carbons (Fsp3) is 0.333. The highest BCUT2D eigenvalue weighted by molar-refractivity contribution is 5.68. The van der Waals surface area contributed by atoms with Gasteiger partial charge < -0.3 is 10.1 Å². The highest BCUT2D eigenvalue weighted by atomic mass is 16.6. The predicted molar refractivity (Wildman–Crippen MR) is 75.3 cm³/mol. The van der Waals surface area contributed by atoms with Crippen molar-refractivity contribution in [1.29, 1.82) is 0 Å². The maximum Gasteiger partial charge on any atom is 0.408 e. The van der Waals surface area contributed by atoms with Crippen LogP contribution in [0.1, 0.15) is 26.3 Å². The number of hydrogen-bond acceptors (Lipinski definition) is 4. The molecule has 0 unspecified atom stereocenters. The average Bonchev–Trinajstić information content (AvgIpc) is 2.34. The van der Waals surface area contributed by atoms with Gasteiger partial charge in [0.2, 0.25) is 6.08 Å². The van der Waals surface area contributed by atoms with Crippen LogP contribution in [0.5, 0.6) is 0 Å². The molecule has 0 aromatic heterocycles. The maximum absolute atomic E-state index is 11.4. The molecule has 0 fully saturated rings. The normalized spacial score (nSPS) is 9.75. The number of nitrogens with zero attached hydrogens (tertiary/aromatic N) is 1. The lowest BCUT2D eigenvalue weighted by Crippen LogP contribution is -2.32. The van der Waals surface area contributed by atoms with Crippen molar-refractivity contribution in [3.63, 3.8) is 0 Å². The first kappa shape index (κ1) is 15.5. The monoisotopic (exact) mass is 272 g/mol. The van der Waals surface area contributed by atoms with Crippen LogP contribution in [0.15, 0.2) is 29.3 Å². The largest absolute Gasteiger partial charge is 0.444 e. The summed E-state index contributed by atoms with van der Waals surface area (Å²) in [7, 11) is 0. The van der Waals surface area contributed by atoms with Gasteiger partial charge in [-0.3, -0.25) is 0 Å². The predicted octanol–water partition coefficient (Wildman–Crippen LogP) is 2.53. The summed E-state index contributed by atoms with van der Waals surface area (Å²) in [5.74, 6) is 5.59. The smallest absolute Gasteiger partial charge is 0.408 e. The molecule has 104 valence electrons. The molecule has 1 aromatic carbocycles. The van der Waals surface area contributed by atoms with Crippen LogP contribution in [0.2, 0.25) is 0 Å². The van der Waals surface area contributed by atoms with Crippen molar-refractivity contribution < 1.29 is 14.3 Å². The van der Waals surface area contributed by atoms with Crippen molar-refractivity contribution in [2.45, 2.75) is 26.4 Å². The first-order valence-corrected chi connectivity index (χ1v) is 6.05. The molecule has 1 rings (SSSR count). The number of rotatable bonds is 2. The van der Waals surface area contributed by atoms with Gasteiger partial charge in [0.1, 0.15) is 5.60 Å². The molecule has 0 aliphatic rings. The number of amides is 1. The highest BCUT2D eigenvalue weighted by Crippen LogP contribution is 2.16. The number of alkyl carbamates (subject to hydrolysis) is 1. The lowest BCUT2D eigenvalue weighted by molar-refractivity contribution is 0.0535. The molecule has 0 aliphatic heterocycles. The second-order valence-electron chi connectivity index (χ2n) is 4.88. The zero-order chi connectivity index (χ0) is 15.0. The minimum Gasteiger partial charge on any atom is -0.444 e. The van der Waals surface area contributed by atoms with Crippen LogP contribution in [-0.4, -0.2) is 24.3 Å². The number of isocyanates is 1. The molecule has 5 heteroatoms. The van der Waals surface area contributed by atoms with Crippen molar-refractivity contribution in [2.24, 2.45) is 4.99 Å². The Morgan fingerprint density at radius 1 is 1.35 bits per heavy atom. The van der Waals surface area contributed by atoms with Gasteiger partial charge in [-0.15, -0.1) is 0 Å². The van der Waals surface area contributed by atoms with Gasteiger partial charge in [0.15, 0.2) is 0 Å². The van der Waals surface area contributed by atoms with E-state index in [0.717, 1.165) is 0 Å². The Morgan fingerprint density at radius 2 is 2.05 bits per heavy atom. The van der Waals surface area contributed by atoms with Crippen LogP contribution in [0.4, 0.5) is 10.5 Å². The number of nitrogens with one attached hydrogen (secondary N) is 1. The van der Waals surface area contributed by atoms with Crippen LogP contribution in [0, 0.1) is 11.8 Å². The van der Waals surface area contributed by atoms with E-state index in [1.54, 1.807) is 45.0 Å². The van der Waals surface area contributed by atoms with Crippen molar-refractivity contribution in [3.8, 4) is 11.8 Å². The van der Waals surface area contributed by atoms with Gasteiger partial charge in [-0.1, -0.05) is 24.0 Å². The number of carbonyl (C=O) groups excluding carboxylic acids is 2. The Kier molecular flexibility index (Phi) is 5.52. The van der Waals surface area contributed by atoms with Gasteiger partial charge in [0.05, 0.1) is 17.8 Å². The van der Waals surface area contributed by atoms with E-state index in [4.69, 9.17) is 4.74 Å². The summed E-state index contributed by atoms with van der Waals surface area (Å²) in [4.78, 5) is 25.2. The summed E-state index contributed by atoms with van der Waals surface area (Å²) in [5.41, 5.74) is 0.511. The molecule has 0 spiro atoms.